The van der Waals surface area contributed by atoms with E-state index in [0.717, 1.165) is 42.1 Å². The quantitative estimate of drug-likeness (QED) is 0.874. The topological polar surface area (TPSA) is 91.0 Å². The van der Waals surface area contributed by atoms with Gasteiger partial charge >= 0.3 is 0 Å². The Morgan fingerprint density at radius 1 is 1.35 bits per heavy atom. The Labute approximate surface area is 152 Å². The number of hydrogen-bond donors (Lipinski definition) is 2. The van der Waals surface area contributed by atoms with E-state index >= 15 is 0 Å². The maximum Gasteiger partial charge on any atom is 0.270 e. The van der Waals surface area contributed by atoms with Crippen molar-refractivity contribution >= 4 is 11.7 Å². The Hall–Kier alpha value is -2.70. The van der Waals surface area contributed by atoms with E-state index in [9.17, 15) is 9.59 Å². The Kier molecular flexibility index (Phi) is 5.06. The third-order valence-electron chi connectivity index (χ3n) is 4.92. The van der Waals surface area contributed by atoms with Crippen LogP contribution >= 0.6 is 0 Å². The van der Waals surface area contributed by atoms with Crippen LogP contribution in [0.4, 0.5) is 5.82 Å². The molecule has 0 radical (unpaired) electrons. The van der Waals surface area contributed by atoms with Crippen LogP contribution in [0, 0.1) is 26.7 Å². The first-order valence-electron chi connectivity index (χ1n) is 8.91. The highest BCUT2D eigenvalue weighted by Crippen LogP contribution is 2.25. The summed E-state index contributed by atoms with van der Waals surface area (Å²) >= 11 is 0. The average Bonchev–Trinajstić information content (AvgIpc) is 3.00. The van der Waals surface area contributed by atoms with Gasteiger partial charge in [-0.25, -0.2) is 9.97 Å². The predicted molar refractivity (Wildman–Crippen MR) is 100 cm³/mol. The van der Waals surface area contributed by atoms with E-state index in [1.54, 1.807) is 0 Å². The zero-order valence-electron chi connectivity index (χ0n) is 15.7. The van der Waals surface area contributed by atoms with Crippen molar-refractivity contribution in [1.82, 2.24) is 20.3 Å². The number of amides is 1. The Bertz CT molecular complexity index is 890. The van der Waals surface area contributed by atoms with Crippen molar-refractivity contribution in [3.8, 4) is 0 Å². The first-order chi connectivity index (χ1) is 12.4. The number of nitrogens with one attached hydrogen (secondary N) is 2. The van der Waals surface area contributed by atoms with Crippen LogP contribution in [0.25, 0.3) is 0 Å². The van der Waals surface area contributed by atoms with Crippen LogP contribution in [-0.2, 0) is 6.54 Å². The SMILES string of the molecule is Cc1cc(C)c(CNC(=O)c2ncnc(N3CC[C@@H](C)C3)c2C)c(=O)[nH]1. The fourth-order valence-electron chi connectivity index (χ4n) is 3.47. The van der Waals surface area contributed by atoms with Gasteiger partial charge in [-0.3, -0.25) is 9.59 Å². The summed E-state index contributed by atoms with van der Waals surface area (Å²) in [5.74, 6) is 1.15. The van der Waals surface area contributed by atoms with Gasteiger partial charge < -0.3 is 15.2 Å². The van der Waals surface area contributed by atoms with Gasteiger partial charge in [-0.2, -0.15) is 0 Å². The molecule has 2 aromatic heterocycles. The van der Waals surface area contributed by atoms with E-state index in [0.29, 0.717) is 17.2 Å². The summed E-state index contributed by atoms with van der Waals surface area (Å²) < 4.78 is 0. The first kappa shape index (κ1) is 18.1. The molecule has 2 N–H and O–H groups in total. The molecule has 1 aliphatic heterocycles. The van der Waals surface area contributed by atoms with Gasteiger partial charge in [0.25, 0.3) is 11.5 Å². The Morgan fingerprint density at radius 3 is 2.77 bits per heavy atom. The number of carbonyl (C=O) groups is 1. The van der Waals surface area contributed by atoms with E-state index in [1.165, 1.54) is 6.33 Å². The molecular formula is C19H25N5O2. The Balaban J connectivity index is 1.78. The molecule has 1 fully saturated rings. The highest BCUT2D eigenvalue weighted by Gasteiger charge is 2.24. The molecule has 1 saturated heterocycles. The number of nitrogens with zero attached hydrogens (tertiary/aromatic N) is 3. The van der Waals surface area contributed by atoms with Gasteiger partial charge in [-0.05, 0) is 44.7 Å². The number of aromatic nitrogens is 3. The minimum absolute atomic E-state index is 0.166. The van der Waals surface area contributed by atoms with Crippen molar-refractivity contribution in [2.24, 2.45) is 5.92 Å². The molecule has 7 nitrogen and oxygen atoms in total. The first-order valence-corrected chi connectivity index (χ1v) is 8.91. The smallest absolute Gasteiger partial charge is 0.270 e. The lowest BCUT2D eigenvalue weighted by molar-refractivity contribution is 0.0945. The molecule has 7 heteroatoms. The molecule has 26 heavy (non-hydrogen) atoms. The number of carbonyl (C=O) groups excluding carboxylic acids is 1. The predicted octanol–water partition coefficient (Wildman–Crippen LogP) is 1.87. The molecule has 0 spiro atoms. The number of rotatable bonds is 4. The van der Waals surface area contributed by atoms with E-state index in [1.807, 2.05) is 26.8 Å². The summed E-state index contributed by atoms with van der Waals surface area (Å²) in [5, 5.41) is 2.82. The zero-order chi connectivity index (χ0) is 18.8. The van der Waals surface area contributed by atoms with Crippen LogP contribution in [0.1, 0.15) is 46.2 Å². The molecule has 0 saturated carbocycles. The van der Waals surface area contributed by atoms with Crippen LogP contribution in [0.15, 0.2) is 17.2 Å². The fourth-order valence-corrected chi connectivity index (χ4v) is 3.47. The summed E-state index contributed by atoms with van der Waals surface area (Å²) in [6, 6.07) is 1.89. The maximum atomic E-state index is 12.6. The molecule has 1 aliphatic rings. The van der Waals surface area contributed by atoms with Gasteiger partial charge in [0.05, 0.1) is 0 Å². The summed E-state index contributed by atoms with van der Waals surface area (Å²) in [6.45, 7) is 9.84. The fraction of sp³-hybridized carbons (Fsp3) is 0.474. The average molecular weight is 355 g/mol. The number of aryl methyl sites for hydroxylation is 2. The highest BCUT2D eigenvalue weighted by atomic mass is 16.2. The summed E-state index contributed by atoms with van der Waals surface area (Å²) in [5.41, 5.74) is 3.18. The second-order valence-corrected chi connectivity index (χ2v) is 7.14. The van der Waals surface area contributed by atoms with E-state index in [2.05, 4.69) is 32.1 Å². The number of pyridine rings is 1. The lowest BCUT2D eigenvalue weighted by Gasteiger charge is -2.20. The van der Waals surface area contributed by atoms with Gasteiger partial charge in [-0.15, -0.1) is 0 Å². The van der Waals surface area contributed by atoms with Gasteiger partial charge in [0, 0.05) is 36.5 Å². The van der Waals surface area contributed by atoms with Gasteiger partial charge in [0.1, 0.15) is 17.8 Å². The third kappa shape index (κ3) is 3.61. The molecule has 1 atom stereocenters. The number of hydrogen-bond acceptors (Lipinski definition) is 5. The number of aromatic amines is 1. The minimum Gasteiger partial charge on any atom is -0.356 e. The number of anilines is 1. The van der Waals surface area contributed by atoms with Crippen molar-refractivity contribution in [3.63, 3.8) is 0 Å². The molecule has 1 amide bonds. The standard InChI is InChI=1S/C19H25N5O2/c1-11-5-6-24(9-11)17-14(4)16(21-10-22-17)19(26)20-8-15-12(2)7-13(3)23-18(15)25/h7,10-11H,5-6,8-9H2,1-4H3,(H,20,26)(H,23,25)/t11-/m1/s1. The van der Waals surface area contributed by atoms with E-state index < -0.39 is 0 Å². The molecule has 0 aliphatic carbocycles. The normalized spacial score (nSPS) is 16.8. The molecule has 3 rings (SSSR count). The van der Waals surface area contributed by atoms with Crippen LogP contribution in [0.5, 0.6) is 0 Å². The molecule has 0 bridgehead atoms. The lowest BCUT2D eigenvalue weighted by Crippen LogP contribution is -2.30. The molecule has 0 unspecified atom stereocenters. The molecule has 3 heterocycles. The van der Waals surface area contributed by atoms with Crippen molar-refractivity contribution in [1.29, 1.82) is 0 Å². The Morgan fingerprint density at radius 2 is 2.12 bits per heavy atom. The van der Waals surface area contributed by atoms with E-state index in [-0.39, 0.29) is 18.0 Å². The summed E-state index contributed by atoms with van der Waals surface area (Å²) in [6.07, 6.45) is 2.56. The van der Waals surface area contributed by atoms with Gasteiger partial charge in [-0.1, -0.05) is 6.92 Å². The van der Waals surface area contributed by atoms with Crippen molar-refractivity contribution in [3.05, 3.63) is 50.8 Å². The second kappa shape index (κ2) is 7.27. The van der Waals surface area contributed by atoms with Crippen molar-refractivity contribution in [2.45, 2.75) is 40.7 Å². The molecule has 0 aromatic carbocycles. The third-order valence-corrected chi connectivity index (χ3v) is 4.92. The lowest BCUT2D eigenvalue weighted by atomic mass is 10.1. The second-order valence-electron chi connectivity index (χ2n) is 7.14. The van der Waals surface area contributed by atoms with E-state index in [4.69, 9.17) is 0 Å². The summed E-state index contributed by atoms with van der Waals surface area (Å²) in [7, 11) is 0. The maximum absolute atomic E-state index is 12.6. The van der Waals surface area contributed by atoms with Crippen molar-refractivity contribution < 1.29 is 4.79 Å². The number of H-pyrrole nitrogens is 1. The van der Waals surface area contributed by atoms with Gasteiger partial charge in [0.2, 0.25) is 0 Å². The minimum atomic E-state index is -0.294. The van der Waals surface area contributed by atoms with Crippen molar-refractivity contribution in [2.75, 3.05) is 18.0 Å². The van der Waals surface area contributed by atoms with Gasteiger partial charge in [0.15, 0.2) is 0 Å². The van der Waals surface area contributed by atoms with Crippen LogP contribution in [0.2, 0.25) is 0 Å². The molecule has 2 aromatic rings. The van der Waals surface area contributed by atoms with Crippen LogP contribution in [0.3, 0.4) is 0 Å². The monoisotopic (exact) mass is 355 g/mol. The summed E-state index contributed by atoms with van der Waals surface area (Å²) in [4.78, 5) is 38.2. The largest absolute Gasteiger partial charge is 0.356 e. The van der Waals surface area contributed by atoms with Crippen LogP contribution < -0.4 is 15.8 Å². The molecular weight excluding hydrogens is 330 g/mol. The van der Waals surface area contributed by atoms with Crippen LogP contribution in [-0.4, -0.2) is 33.9 Å². The zero-order valence-corrected chi connectivity index (χ0v) is 15.7. The molecule has 138 valence electrons. The highest BCUT2D eigenvalue weighted by molar-refractivity contribution is 5.94.